The second-order valence-electron chi connectivity index (χ2n) is 4.03. The molecule has 2 N–H and O–H groups in total. The van der Waals surface area contributed by atoms with Crippen LogP contribution in [0.4, 0.5) is 0 Å². The fourth-order valence-electron chi connectivity index (χ4n) is 1.92. The van der Waals surface area contributed by atoms with Gasteiger partial charge < -0.3 is 15.1 Å². The van der Waals surface area contributed by atoms with Crippen LogP contribution in [0.1, 0.15) is 26.2 Å². The molecule has 0 aromatic rings. The Morgan fingerprint density at radius 2 is 2.00 bits per heavy atom. The average molecular weight is 229 g/mol. The molecule has 1 saturated heterocycles. The Morgan fingerprint density at radius 1 is 1.38 bits per heavy atom. The van der Waals surface area contributed by atoms with Crippen LogP contribution >= 0.6 is 0 Å². The molecule has 0 aromatic heterocycles. The second kappa shape index (κ2) is 4.96. The number of aliphatic carboxylic acids is 2. The summed E-state index contributed by atoms with van der Waals surface area (Å²) in [7, 11) is 0. The zero-order chi connectivity index (χ0) is 12.3. The molecule has 1 heterocycles. The minimum absolute atomic E-state index is 0.262. The summed E-state index contributed by atoms with van der Waals surface area (Å²) in [6.45, 7) is 1.91. The number of carbonyl (C=O) groups is 3. The first-order chi connectivity index (χ1) is 7.43. The molecule has 1 aliphatic heterocycles. The lowest BCUT2D eigenvalue weighted by molar-refractivity contribution is -0.151. The maximum Gasteiger partial charge on any atom is 0.326 e. The van der Waals surface area contributed by atoms with Crippen molar-refractivity contribution in [3.63, 3.8) is 0 Å². The number of hydrogen-bond acceptors (Lipinski definition) is 3. The number of carboxylic acid groups (broad SMARTS) is 2. The number of carboxylic acids is 2. The number of likely N-dealkylation sites (tertiary alicyclic amines) is 1. The molecule has 1 rings (SSSR count). The summed E-state index contributed by atoms with van der Waals surface area (Å²) >= 11 is 0. The maximum absolute atomic E-state index is 11.8. The lowest BCUT2D eigenvalue weighted by Gasteiger charge is -2.24. The van der Waals surface area contributed by atoms with Crippen molar-refractivity contribution in [2.45, 2.75) is 32.2 Å². The van der Waals surface area contributed by atoms with Crippen LogP contribution in [0, 0.1) is 5.92 Å². The van der Waals surface area contributed by atoms with Crippen LogP contribution in [-0.4, -0.2) is 45.5 Å². The topological polar surface area (TPSA) is 94.9 Å². The Bertz CT molecular complexity index is 314. The molecule has 1 aliphatic rings. The van der Waals surface area contributed by atoms with Gasteiger partial charge in [0.05, 0.1) is 6.42 Å². The van der Waals surface area contributed by atoms with Crippen molar-refractivity contribution in [3.8, 4) is 0 Å². The van der Waals surface area contributed by atoms with E-state index >= 15 is 0 Å². The van der Waals surface area contributed by atoms with Crippen molar-refractivity contribution in [1.29, 1.82) is 0 Å². The largest absolute Gasteiger partial charge is 0.481 e. The number of nitrogens with zero attached hydrogens (tertiary/aromatic N) is 1. The summed E-state index contributed by atoms with van der Waals surface area (Å²) in [6.07, 6.45) is 0.838. The summed E-state index contributed by atoms with van der Waals surface area (Å²) in [6, 6.07) is -0.788. The third-order valence-corrected chi connectivity index (χ3v) is 2.72. The van der Waals surface area contributed by atoms with Gasteiger partial charge in [0.1, 0.15) is 6.04 Å². The molecule has 2 atom stereocenters. The molecule has 1 unspecified atom stereocenters. The SMILES string of the molecule is CC(CC(=O)O)C(=O)N1CCC[C@H]1C(=O)O. The zero-order valence-corrected chi connectivity index (χ0v) is 9.05. The maximum atomic E-state index is 11.8. The number of carbonyl (C=O) groups excluding carboxylic acids is 1. The number of rotatable bonds is 4. The van der Waals surface area contributed by atoms with Crippen LogP contribution in [0.3, 0.4) is 0 Å². The third kappa shape index (κ3) is 2.71. The minimum Gasteiger partial charge on any atom is -0.481 e. The summed E-state index contributed by atoms with van der Waals surface area (Å²) in [5.41, 5.74) is 0. The third-order valence-electron chi connectivity index (χ3n) is 2.72. The van der Waals surface area contributed by atoms with Gasteiger partial charge in [-0.15, -0.1) is 0 Å². The Labute approximate surface area is 92.9 Å². The van der Waals surface area contributed by atoms with Gasteiger partial charge in [0, 0.05) is 12.5 Å². The summed E-state index contributed by atoms with van der Waals surface area (Å²) in [5.74, 6) is -3.12. The quantitative estimate of drug-likeness (QED) is 0.716. The van der Waals surface area contributed by atoms with Gasteiger partial charge in [0.25, 0.3) is 0 Å². The van der Waals surface area contributed by atoms with E-state index in [-0.39, 0.29) is 12.3 Å². The summed E-state index contributed by atoms with van der Waals surface area (Å²) < 4.78 is 0. The smallest absolute Gasteiger partial charge is 0.326 e. The molecular formula is C10H15NO5. The van der Waals surface area contributed by atoms with E-state index in [1.54, 1.807) is 0 Å². The van der Waals surface area contributed by atoms with E-state index in [1.165, 1.54) is 11.8 Å². The van der Waals surface area contributed by atoms with Gasteiger partial charge in [-0.05, 0) is 12.8 Å². The summed E-state index contributed by atoms with van der Waals surface area (Å²) in [4.78, 5) is 34.4. The molecule has 0 saturated carbocycles. The predicted molar refractivity (Wildman–Crippen MR) is 53.8 cm³/mol. The molecule has 6 heteroatoms. The van der Waals surface area contributed by atoms with Crippen molar-refractivity contribution >= 4 is 17.8 Å². The van der Waals surface area contributed by atoms with Crippen molar-refractivity contribution in [2.24, 2.45) is 5.92 Å². The molecule has 0 radical (unpaired) electrons. The molecular weight excluding hydrogens is 214 g/mol. The van der Waals surface area contributed by atoms with E-state index in [0.717, 1.165) is 0 Å². The Morgan fingerprint density at radius 3 is 2.50 bits per heavy atom. The van der Waals surface area contributed by atoms with Crippen LogP contribution in [0.25, 0.3) is 0 Å². The molecule has 0 bridgehead atoms. The van der Waals surface area contributed by atoms with Gasteiger partial charge in [-0.1, -0.05) is 6.92 Å². The van der Waals surface area contributed by atoms with E-state index in [0.29, 0.717) is 19.4 Å². The zero-order valence-electron chi connectivity index (χ0n) is 9.05. The fourth-order valence-corrected chi connectivity index (χ4v) is 1.92. The van der Waals surface area contributed by atoms with Crippen molar-refractivity contribution in [3.05, 3.63) is 0 Å². The Hall–Kier alpha value is -1.59. The normalized spacial score (nSPS) is 21.8. The molecule has 1 fully saturated rings. The van der Waals surface area contributed by atoms with Crippen LogP contribution in [-0.2, 0) is 14.4 Å². The molecule has 6 nitrogen and oxygen atoms in total. The van der Waals surface area contributed by atoms with E-state index in [1.807, 2.05) is 0 Å². The molecule has 0 aliphatic carbocycles. The molecule has 0 spiro atoms. The first-order valence-corrected chi connectivity index (χ1v) is 5.18. The number of hydrogen-bond donors (Lipinski definition) is 2. The molecule has 90 valence electrons. The van der Waals surface area contributed by atoms with E-state index in [4.69, 9.17) is 10.2 Å². The van der Waals surface area contributed by atoms with E-state index < -0.39 is 23.9 Å². The van der Waals surface area contributed by atoms with Gasteiger partial charge in [0.2, 0.25) is 5.91 Å². The van der Waals surface area contributed by atoms with Gasteiger partial charge in [0.15, 0.2) is 0 Å². The second-order valence-corrected chi connectivity index (χ2v) is 4.03. The van der Waals surface area contributed by atoms with Crippen molar-refractivity contribution < 1.29 is 24.6 Å². The first kappa shape index (κ1) is 12.5. The van der Waals surface area contributed by atoms with Crippen molar-refractivity contribution in [2.75, 3.05) is 6.54 Å². The van der Waals surface area contributed by atoms with Crippen LogP contribution < -0.4 is 0 Å². The van der Waals surface area contributed by atoms with Gasteiger partial charge >= 0.3 is 11.9 Å². The lowest BCUT2D eigenvalue weighted by Crippen LogP contribution is -2.43. The van der Waals surface area contributed by atoms with Crippen molar-refractivity contribution in [1.82, 2.24) is 4.90 Å². The lowest BCUT2D eigenvalue weighted by atomic mass is 10.1. The highest BCUT2D eigenvalue weighted by atomic mass is 16.4. The Balaban J connectivity index is 2.65. The van der Waals surface area contributed by atoms with Crippen LogP contribution in [0.15, 0.2) is 0 Å². The standard InChI is InChI=1S/C10H15NO5/c1-6(5-8(12)13)9(14)11-4-2-3-7(11)10(15)16/h6-7H,2-5H2,1H3,(H,12,13)(H,15,16)/t6?,7-/m0/s1. The minimum atomic E-state index is -1.05. The van der Waals surface area contributed by atoms with Gasteiger partial charge in [-0.25, -0.2) is 4.79 Å². The van der Waals surface area contributed by atoms with Crippen LogP contribution in [0.2, 0.25) is 0 Å². The van der Waals surface area contributed by atoms with Gasteiger partial charge in [-0.2, -0.15) is 0 Å². The van der Waals surface area contributed by atoms with E-state index in [2.05, 4.69) is 0 Å². The average Bonchev–Trinajstić information content (AvgIpc) is 2.63. The molecule has 1 amide bonds. The van der Waals surface area contributed by atoms with Crippen LogP contribution in [0.5, 0.6) is 0 Å². The predicted octanol–water partition coefficient (Wildman–Crippen LogP) is 0.173. The molecule has 16 heavy (non-hydrogen) atoms. The Kier molecular flexibility index (Phi) is 3.87. The highest BCUT2D eigenvalue weighted by molar-refractivity contribution is 5.87. The monoisotopic (exact) mass is 229 g/mol. The molecule has 0 aromatic carbocycles. The van der Waals surface area contributed by atoms with E-state index in [9.17, 15) is 14.4 Å². The highest BCUT2D eigenvalue weighted by Gasteiger charge is 2.36. The number of amides is 1. The fraction of sp³-hybridized carbons (Fsp3) is 0.700. The summed E-state index contributed by atoms with van der Waals surface area (Å²) in [5, 5.41) is 17.4. The first-order valence-electron chi connectivity index (χ1n) is 5.18. The highest BCUT2D eigenvalue weighted by Crippen LogP contribution is 2.20. The van der Waals surface area contributed by atoms with Gasteiger partial charge in [-0.3, -0.25) is 9.59 Å².